The van der Waals surface area contributed by atoms with Crippen molar-refractivity contribution in [2.24, 2.45) is 7.05 Å². The molecule has 1 atom stereocenters. The van der Waals surface area contributed by atoms with E-state index < -0.39 is 0 Å². The molecule has 0 saturated carbocycles. The molecule has 0 saturated heterocycles. The first-order valence-electron chi connectivity index (χ1n) is 7.06. The van der Waals surface area contributed by atoms with Crippen LogP contribution in [0, 0.1) is 0 Å². The molecule has 108 valence electrons. The predicted molar refractivity (Wildman–Crippen MR) is 84.4 cm³/mol. The predicted octanol–water partition coefficient (Wildman–Crippen LogP) is 3.18. The molecular weight excluding hydrogens is 270 g/mol. The van der Waals surface area contributed by atoms with Gasteiger partial charge in [-0.05, 0) is 43.7 Å². The first-order valence-corrected chi connectivity index (χ1v) is 7.43. The molecule has 20 heavy (non-hydrogen) atoms. The molecule has 0 fully saturated rings. The van der Waals surface area contributed by atoms with Gasteiger partial charge in [0.15, 0.2) is 0 Å². The number of halogens is 1. The van der Waals surface area contributed by atoms with Gasteiger partial charge in [-0.15, -0.1) is 0 Å². The second kappa shape index (κ2) is 6.91. The van der Waals surface area contributed by atoms with E-state index in [0.29, 0.717) is 5.92 Å². The van der Waals surface area contributed by atoms with Gasteiger partial charge in [-0.3, -0.25) is 4.68 Å². The van der Waals surface area contributed by atoms with Crippen molar-refractivity contribution in [3.63, 3.8) is 0 Å². The van der Waals surface area contributed by atoms with Gasteiger partial charge < -0.3 is 5.32 Å². The molecule has 2 aromatic rings. The van der Waals surface area contributed by atoms with Crippen molar-refractivity contribution >= 4 is 11.6 Å². The number of nitrogens with one attached hydrogen (secondary N) is 1. The number of benzene rings is 1. The van der Waals surface area contributed by atoms with Gasteiger partial charge in [-0.1, -0.05) is 30.7 Å². The first kappa shape index (κ1) is 15.1. The van der Waals surface area contributed by atoms with E-state index in [0.717, 1.165) is 30.1 Å². The van der Waals surface area contributed by atoms with Crippen LogP contribution in [0.4, 0.5) is 0 Å². The summed E-state index contributed by atoms with van der Waals surface area (Å²) in [6, 6.07) is 10.3. The van der Waals surface area contributed by atoms with Crippen LogP contribution in [-0.4, -0.2) is 23.4 Å². The molecule has 0 amide bonds. The summed E-state index contributed by atoms with van der Waals surface area (Å²) < 4.78 is 2.00. The van der Waals surface area contributed by atoms with Crippen molar-refractivity contribution in [1.82, 2.24) is 15.1 Å². The summed E-state index contributed by atoms with van der Waals surface area (Å²) in [4.78, 5) is 0. The number of nitrogens with zero attached hydrogens (tertiary/aromatic N) is 2. The van der Waals surface area contributed by atoms with Gasteiger partial charge in [-0.25, -0.2) is 0 Å². The Morgan fingerprint density at radius 1 is 1.30 bits per heavy atom. The van der Waals surface area contributed by atoms with E-state index in [1.807, 2.05) is 30.9 Å². The van der Waals surface area contributed by atoms with E-state index in [2.05, 4.69) is 35.5 Å². The fourth-order valence-electron chi connectivity index (χ4n) is 2.48. The number of hydrogen-bond acceptors (Lipinski definition) is 2. The van der Waals surface area contributed by atoms with Gasteiger partial charge in [0.1, 0.15) is 0 Å². The third kappa shape index (κ3) is 3.62. The third-order valence-corrected chi connectivity index (χ3v) is 3.89. The molecule has 3 nitrogen and oxygen atoms in total. The maximum Gasteiger partial charge on any atom is 0.0624 e. The standard InChI is InChI=1S/C16H22ClN3/c1-4-15-10-16(20(3)19-15)9-13(11-18-2)12-5-7-14(17)8-6-12/h5-8,10,13,18H,4,9,11H2,1-3H3. The second-order valence-corrected chi connectivity index (χ2v) is 5.55. The summed E-state index contributed by atoms with van der Waals surface area (Å²) in [6.07, 6.45) is 1.96. The van der Waals surface area contributed by atoms with E-state index in [4.69, 9.17) is 11.6 Å². The van der Waals surface area contributed by atoms with Crippen LogP contribution >= 0.6 is 11.6 Å². The Balaban J connectivity index is 2.20. The lowest BCUT2D eigenvalue weighted by Gasteiger charge is -2.17. The highest BCUT2D eigenvalue weighted by molar-refractivity contribution is 6.30. The summed E-state index contributed by atoms with van der Waals surface area (Å²) in [5.41, 5.74) is 3.74. The normalized spacial score (nSPS) is 12.6. The van der Waals surface area contributed by atoms with Gasteiger partial charge in [0.05, 0.1) is 5.69 Å². The zero-order valence-corrected chi connectivity index (χ0v) is 13.1. The monoisotopic (exact) mass is 291 g/mol. The molecule has 0 aliphatic heterocycles. The SMILES string of the molecule is CCc1cc(CC(CNC)c2ccc(Cl)cc2)n(C)n1. The highest BCUT2D eigenvalue weighted by Gasteiger charge is 2.14. The number of aromatic nitrogens is 2. The van der Waals surface area contributed by atoms with Crippen LogP contribution in [0.2, 0.25) is 5.02 Å². The minimum Gasteiger partial charge on any atom is -0.319 e. The minimum atomic E-state index is 0.428. The lowest BCUT2D eigenvalue weighted by Crippen LogP contribution is -2.20. The molecule has 1 aromatic heterocycles. The zero-order valence-electron chi connectivity index (χ0n) is 12.4. The molecule has 0 spiro atoms. The number of hydrogen-bond donors (Lipinski definition) is 1. The maximum absolute atomic E-state index is 5.97. The van der Waals surface area contributed by atoms with Gasteiger partial charge in [-0.2, -0.15) is 5.10 Å². The molecule has 1 unspecified atom stereocenters. The largest absolute Gasteiger partial charge is 0.319 e. The van der Waals surface area contributed by atoms with Crippen molar-refractivity contribution in [2.45, 2.75) is 25.7 Å². The fourth-order valence-corrected chi connectivity index (χ4v) is 2.60. The first-order chi connectivity index (χ1) is 9.63. The summed E-state index contributed by atoms with van der Waals surface area (Å²) in [5.74, 6) is 0.428. The van der Waals surface area contributed by atoms with Crippen molar-refractivity contribution < 1.29 is 0 Å². The molecule has 0 aliphatic rings. The van der Waals surface area contributed by atoms with Crippen molar-refractivity contribution in [1.29, 1.82) is 0 Å². The summed E-state index contributed by atoms with van der Waals surface area (Å²) in [5, 5.41) is 8.59. The van der Waals surface area contributed by atoms with Crippen LogP contribution < -0.4 is 5.32 Å². The smallest absolute Gasteiger partial charge is 0.0624 e. The number of rotatable bonds is 6. The summed E-state index contributed by atoms with van der Waals surface area (Å²) in [7, 11) is 4.01. The quantitative estimate of drug-likeness (QED) is 0.886. The molecule has 0 bridgehead atoms. The summed E-state index contributed by atoms with van der Waals surface area (Å²) >= 11 is 5.97. The number of likely N-dealkylation sites (N-methyl/N-ethyl adjacent to an activating group) is 1. The fraction of sp³-hybridized carbons (Fsp3) is 0.438. The van der Waals surface area contributed by atoms with E-state index in [9.17, 15) is 0 Å². The molecule has 0 radical (unpaired) electrons. The van der Waals surface area contributed by atoms with Crippen LogP contribution in [0.3, 0.4) is 0 Å². The van der Waals surface area contributed by atoms with Crippen LogP contribution in [0.5, 0.6) is 0 Å². The Hall–Kier alpha value is -1.32. The Bertz CT molecular complexity index is 545. The van der Waals surface area contributed by atoms with E-state index in [1.165, 1.54) is 11.3 Å². The van der Waals surface area contributed by atoms with Crippen LogP contribution in [0.15, 0.2) is 30.3 Å². The Morgan fingerprint density at radius 3 is 2.55 bits per heavy atom. The van der Waals surface area contributed by atoms with E-state index in [-0.39, 0.29) is 0 Å². The lowest BCUT2D eigenvalue weighted by molar-refractivity contribution is 0.590. The average Bonchev–Trinajstić information content (AvgIpc) is 2.80. The molecule has 1 N–H and O–H groups in total. The molecule has 0 aliphatic carbocycles. The molecule has 1 aromatic carbocycles. The molecule has 2 rings (SSSR count). The van der Waals surface area contributed by atoms with Crippen LogP contribution in [-0.2, 0) is 19.9 Å². The van der Waals surface area contributed by atoms with Gasteiger partial charge >= 0.3 is 0 Å². The lowest BCUT2D eigenvalue weighted by atomic mass is 9.94. The third-order valence-electron chi connectivity index (χ3n) is 3.64. The Morgan fingerprint density at radius 2 is 2.00 bits per heavy atom. The Labute approximate surface area is 126 Å². The maximum atomic E-state index is 5.97. The average molecular weight is 292 g/mol. The van der Waals surface area contributed by atoms with Gasteiger partial charge in [0, 0.05) is 30.2 Å². The van der Waals surface area contributed by atoms with Crippen molar-refractivity contribution in [3.05, 3.63) is 52.3 Å². The minimum absolute atomic E-state index is 0.428. The van der Waals surface area contributed by atoms with Gasteiger partial charge in [0.2, 0.25) is 0 Å². The highest BCUT2D eigenvalue weighted by Crippen LogP contribution is 2.22. The molecule has 1 heterocycles. The van der Waals surface area contributed by atoms with Crippen molar-refractivity contribution in [2.75, 3.05) is 13.6 Å². The van der Waals surface area contributed by atoms with Crippen LogP contribution in [0.1, 0.15) is 29.8 Å². The van der Waals surface area contributed by atoms with E-state index in [1.54, 1.807) is 0 Å². The molecule has 4 heteroatoms. The second-order valence-electron chi connectivity index (χ2n) is 5.11. The Kier molecular flexibility index (Phi) is 5.21. The molecular formula is C16H22ClN3. The highest BCUT2D eigenvalue weighted by atomic mass is 35.5. The van der Waals surface area contributed by atoms with Gasteiger partial charge in [0.25, 0.3) is 0 Å². The zero-order chi connectivity index (χ0) is 14.5. The summed E-state index contributed by atoms with van der Waals surface area (Å²) in [6.45, 7) is 3.07. The number of aryl methyl sites for hydroxylation is 2. The van der Waals surface area contributed by atoms with E-state index >= 15 is 0 Å². The van der Waals surface area contributed by atoms with Crippen molar-refractivity contribution in [3.8, 4) is 0 Å². The van der Waals surface area contributed by atoms with Crippen LogP contribution in [0.25, 0.3) is 0 Å². The topological polar surface area (TPSA) is 29.9 Å².